The van der Waals surface area contributed by atoms with E-state index in [1.165, 1.54) is 22.3 Å². The van der Waals surface area contributed by atoms with Gasteiger partial charge in [-0.2, -0.15) is 0 Å². The first-order valence-electron chi connectivity index (χ1n) is 14.2. The molecule has 0 amide bonds. The van der Waals surface area contributed by atoms with Crippen molar-refractivity contribution in [3.63, 3.8) is 0 Å². The second kappa shape index (κ2) is 8.30. The fourth-order valence-electron chi connectivity index (χ4n) is 6.83. The molecule has 1 aliphatic rings. The molecule has 0 N–H and O–H groups in total. The third-order valence-corrected chi connectivity index (χ3v) is 8.81. The molecule has 0 aliphatic heterocycles. The van der Waals surface area contributed by atoms with Crippen LogP contribution >= 0.6 is 0 Å². The highest BCUT2D eigenvalue weighted by atomic mass is 16.3. The van der Waals surface area contributed by atoms with Crippen molar-refractivity contribution in [1.82, 2.24) is 9.97 Å². The van der Waals surface area contributed by atoms with Crippen LogP contribution in [0.15, 0.2) is 124 Å². The number of benzene rings is 4. The van der Waals surface area contributed by atoms with Crippen molar-refractivity contribution in [2.24, 2.45) is 0 Å². The molecule has 5 nitrogen and oxygen atoms in total. The molecule has 0 spiro atoms. The largest absolute Gasteiger partial charge is 0.438 e. The zero-order chi connectivity index (χ0) is 28.0. The predicted octanol–water partition coefficient (Wildman–Crippen LogP) is 10.1. The maximum Gasteiger partial charge on any atom is 0.227 e. The first kappa shape index (κ1) is 23.3. The van der Waals surface area contributed by atoms with E-state index in [1.807, 2.05) is 12.1 Å². The van der Waals surface area contributed by atoms with Crippen LogP contribution in [0, 0.1) is 0 Å². The Kier molecular flexibility index (Phi) is 4.61. The molecular weight excluding hydrogens is 518 g/mol. The Morgan fingerprint density at radius 1 is 0.571 bits per heavy atom. The molecule has 0 fully saturated rings. The van der Waals surface area contributed by atoms with Crippen molar-refractivity contribution in [3.8, 4) is 11.1 Å². The maximum absolute atomic E-state index is 6.24. The van der Waals surface area contributed by atoms with Crippen LogP contribution in [0.25, 0.3) is 55.3 Å². The van der Waals surface area contributed by atoms with Gasteiger partial charge in [-0.3, -0.25) is 0 Å². The highest BCUT2D eigenvalue weighted by Crippen LogP contribution is 2.54. The van der Waals surface area contributed by atoms with Crippen molar-refractivity contribution >= 4 is 61.2 Å². The molecule has 4 heterocycles. The number of hydrogen-bond acceptors (Lipinski definition) is 5. The number of nitrogens with zero attached hydrogens (tertiary/aromatic N) is 3. The first-order chi connectivity index (χ1) is 20.6. The molecule has 8 aromatic rings. The fraction of sp³-hybridized carbons (Fsp3) is 0.0811. The second-order valence-corrected chi connectivity index (χ2v) is 11.5. The quantitative estimate of drug-likeness (QED) is 0.222. The van der Waals surface area contributed by atoms with Crippen molar-refractivity contribution in [2.45, 2.75) is 19.3 Å². The number of rotatable bonds is 3. The van der Waals surface area contributed by atoms with Gasteiger partial charge in [0.05, 0.1) is 5.69 Å². The number of aromatic nitrogens is 2. The van der Waals surface area contributed by atoms with Gasteiger partial charge in [0.2, 0.25) is 11.4 Å². The number of furan rings is 2. The molecule has 4 aromatic heterocycles. The Morgan fingerprint density at radius 3 is 1.81 bits per heavy atom. The fourth-order valence-corrected chi connectivity index (χ4v) is 6.83. The lowest BCUT2D eigenvalue weighted by Crippen LogP contribution is -2.16. The molecule has 0 atom stereocenters. The number of hydrogen-bond donors (Lipinski definition) is 0. The molecule has 0 unspecified atom stereocenters. The van der Waals surface area contributed by atoms with E-state index in [2.05, 4.69) is 120 Å². The summed E-state index contributed by atoms with van der Waals surface area (Å²) in [7, 11) is 0. The molecule has 42 heavy (non-hydrogen) atoms. The number of pyridine rings is 2. The maximum atomic E-state index is 6.24. The molecule has 4 aromatic carbocycles. The summed E-state index contributed by atoms with van der Waals surface area (Å²) in [6.45, 7) is 4.62. The SMILES string of the molecule is CC1(C)c2ccccc2-c2c(N(c3ccc4c(c3)oc3ncccc34)c3ccc4c(c3)oc3ncccc34)cccc21. The van der Waals surface area contributed by atoms with E-state index in [4.69, 9.17) is 8.83 Å². The molecule has 200 valence electrons. The van der Waals surface area contributed by atoms with E-state index in [0.29, 0.717) is 11.4 Å². The number of anilines is 3. The van der Waals surface area contributed by atoms with Crippen LogP contribution in [-0.2, 0) is 5.41 Å². The normalized spacial score (nSPS) is 13.7. The van der Waals surface area contributed by atoms with Gasteiger partial charge >= 0.3 is 0 Å². The van der Waals surface area contributed by atoms with Gasteiger partial charge < -0.3 is 13.7 Å². The summed E-state index contributed by atoms with van der Waals surface area (Å²) in [5.41, 5.74) is 11.0. The third kappa shape index (κ3) is 3.13. The van der Waals surface area contributed by atoms with Crippen LogP contribution in [-0.4, -0.2) is 9.97 Å². The van der Waals surface area contributed by atoms with Gasteiger partial charge in [-0.15, -0.1) is 0 Å². The summed E-state index contributed by atoms with van der Waals surface area (Å²) in [6.07, 6.45) is 3.53. The Morgan fingerprint density at radius 2 is 1.17 bits per heavy atom. The topological polar surface area (TPSA) is 55.3 Å². The first-order valence-corrected chi connectivity index (χ1v) is 14.2. The van der Waals surface area contributed by atoms with Crippen LogP contribution in [0.5, 0.6) is 0 Å². The van der Waals surface area contributed by atoms with Gasteiger partial charge in [-0.25, -0.2) is 9.97 Å². The Hall–Kier alpha value is -5.42. The van der Waals surface area contributed by atoms with Crippen molar-refractivity contribution < 1.29 is 8.83 Å². The summed E-state index contributed by atoms with van der Waals surface area (Å²) in [5, 5.41) is 4.12. The van der Waals surface area contributed by atoms with Gasteiger partial charge in [-0.1, -0.05) is 50.2 Å². The van der Waals surface area contributed by atoms with Gasteiger partial charge in [0.1, 0.15) is 11.2 Å². The zero-order valence-corrected chi connectivity index (χ0v) is 23.1. The zero-order valence-electron chi connectivity index (χ0n) is 23.1. The van der Waals surface area contributed by atoms with Crippen LogP contribution in [0.4, 0.5) is 17.1 Å². The molecule has 0 radical (unpaired) electrons. The highest BCUT2D eigenvalue weighted by molar-refractivity contribution is 6.07. The van der Waals surface area contributed by atoms with E-state index < -0.39 is 0 Å². The van der Waals surface area contributed by atoms with Gasteiger partial charge in [0.15, 0.2) is 0 Å². The molecular formula is C37H25N3O2. The minimum atomic E-state index is -0.115. The minimum Gasteiger partial charge on any atom is -0.438 e. The van der Waals surface area contributed by atoms with Gasteiger partial charge in [-0.05, 0) is 71.3 Å². The minimum absolute atomic E-state index is 0.115. The predicted molar refractivity (Wildman–Crippen MR) is 169 cm³/mol. The van der Waals surface area contributed by atoms with E-state index in [0.717, 1.165) is 49.8 Å². The average Bonchev–Trinajstić information content (AvgIpc) is 3.65. The third-order valence-electron chi connectivity index (χ3n) is 8.81. The summed E-state index contributed by atoms with van der Waals surface area (Å²) in [4.78, 5) is 11.2. The summed E-state index contributed by atoms with van der Waals surface area (Å²) in [6, 6.07) is 36.2. The molecule has 1 aliphatic carbocycles. The lowest BCUT2D eigenvalue weighted by molar-refractivity contribution is 0.654. The average molecular weight is 544 g/mol. The van der Waals surface area contributed by atoms with Crippen LogP contribution in [0.1, 0.15) is 25.0 Å². The molecule has 5 heteroatoms. The summed E-state index contributed by atoms with van der Waals surface area (Å²) < 4.78 is 12.5. The Balaban J connectivity index is 1.33. The van der Waals surface area contributed by atoms with Crippen LogP contribution < -0.4 is 4.90 Å². The highest BCUT2D eigenvalue weighted by Gasteiger charge is 2.37. The van der Waals surface area contributed by atoms with Crippen molar-refractivity contribution in [3.05, 3.63) is 127 Å². The number of fused-ring (bicyclic) bond motifs is 9. The van der Waals surface area contributed by atoms with Crippen molar-refractivity contribution in [2.75, 3.05) is 4.90 Å². The van der Waals surface area contributed by atoms with Crippen LogP contribution in [0.2, 0.25) is 0 Å². The smallest absolute Gasteiger partial charge is 0.227 e. The lowest BCUT2D eigenvalue weighted by atomic mass is 9.82. The van der Waals surface area contributed by atoms with Crippen molar-refractivity contribution in [1.29, 1.82) is 0 Å². The monoisotopic (exact) mass is 543 g/mol. The lowest BCUT2D eigenvalue weighted by Gasteiger charge is -2.28. The molecule has 0 saturated heterocycles. The molecule has 0 saturated carbocycles. The molecule has 0 bridgehead atoms. The van der Waals surface area contributed by atoms with E-state index >= 15 is 0 Å². The van der Waals surface area contributed by atoms with E-state index in [9.17, 15) is 0 Å². The summed E-state index contributed by atoms with van der Waals surface area (Å²) >= 11 is 0. The second-order valence-electron chi connectivity index (χ2n) is 11.5. The van der Waals surface area contributed by atoms with Gasteiger partial charge in [0, 0.05) is 68.4 Å². The summed E-state index contributed by atoms with van der Waals surface area (Å²) in [5.74, 6) is 0. The Labute approximate surface area is 241 Å². The Bertz CT molecular complexity index is 2250. The van der Waals surface area contributed by atoms with E-state index in [1.54, 1.807) is 12.4 Å². The van der Waals surface area contributed by atoms with E-state index in [-0.39, 0.29) is 5.41 Å². The van der Waals surface area contributed by atoms with Gasteiger partial charge in [0.25, 0.3) is 0 Å². The van der Waals surface area contributed by atoms with Crippen LogP contribution in [0.3, 0.4) is 0 Å². The standard InChI is InChI=1S/C37H25N3O2/c1-37(2)29-11-4-3-8-28(29)34-30(37)12-5-13-31(34)40(22-14-16-24-26-9-6-18-38-35(26)41-32(24)20-22)23-15-17-25-27-10-7-19-39-36(27)42-33(25)21-23/h3-21H,1-2H3. The molecule has 9 rings (SSSR count).